The first-order valence-corrected chi connectivity index (χ1v) is 6.19. The third kappa shape index (κ3) is 2.44. The molecule has 0 saturated carbocycles. The standard InChI is InChI=1S/C11H17BrN2O/c1-14-7-3-2-4-8(13)11(14)9-5-6-10(12)15-9/h5-6,8,11H,2-4,7,13H2,1H3. The van der Waals surface area contributed by atoms with Crippen LogP contribution in [0.2, 0.25) is 0 Å². The second kappa shape index (κ2) is 4.68. The van der Waals surface area contributed by atoms with E-state index in [4.69, 9.17) is 10.2 Å². The second-order valence-electron chi connectivity index (χ2n) is 4.23. The molecule has 1 aliphatic rings. The van der Waals surface area contributed by atoms with Gasteiger partial charge in [0, 0.05) is 6.04 Å². The Labute approximate surface area is 98.7 Å². The zero-order valence-corrected chi connectivity index (χ0v) is 10.5. The molecule has 1 saturated heterocycles. The molecule has 0 spiro atoms. The second-order valence-corrected chi connectivity index (χ2v) is 5.01. The molecule has 0 aromatic carbocycles. The molecule has 2 rings (SSSR count). The van der Waals surface area contributed by atoms with Gasteiger partial charge in [-0.15, -0.1) is 0 Å². The fourth-order valence-electron chi connectivity index (χ4n) is 2.28. The Kier molecular flexibility index (Phi) is 3.49. The van der Waals surface area contributed by atoms with Gasteiger partial charge in [0.05, 0.1) is 6.04 Å². The first kappa shape index (κ1) is 11.2. The molecule has 2 N–H and O–H groups in total. The van der Waals surface area contributed by atoms with Crippen molar-refractivity contribution in [2.75, 3.05) is 13.6 Å². The van der Waals surface area contributed by atoms with Gasteiger partial charge in [0.2, 0.25) is 0 Å². The van der Waals surface area contributed by atoms with E-state index in [0.29, 0.717) is 0 Å². The molecule has 1 aromatic heterocycles. The summed E-state index contributed by atoms with van der Waals surface area (Å²) in [5.74, 6) is 0.971. The molecule has 1 aromatic rings. The lowest BCUT2D eigenvalue weighted by Gasteiger charge is -2.28. The van der Waals surface area contributed by atoms with E-state index in [1.54, 1.807) is 0 Å². The predicted octanol–water partition coefficient (Wildman–Crippen LogP) is 2.53. The van der Waals surface area contributed by atoms with Crippen molar-refractivity contribution in [2.45, 2.75) is 31.3 Å². The number of furan rings is 1. The number of nitrogens with zero attached hydrogens (tertiary/aromatic N) is 1. The van der Waals surface area contributed by atoms with Crippen LogP contribution in [0.5, 0.6) is 0 Å². The minimum atomic E-state index is 0.176. The summed E-state index contributed by atoms with van der Waals surface area (Å²) in [6, 6.07) is 4.34. The van der Waals surface area contributed by atoms with Gasteiger partial charge in [-0.25, -0.2) is 0 Å². The summed E-state index contributed by atoms with van der Waals surface area (Å²) in [5.41, 5.74) is 6.19. The maximum Gasteiger partial charge on any atom is 0.169 e. The van der Waals surface area contributed by atoms with E-state index in [1.807, 2.05) is 12.1 Å². The number of nitrogens with two attached hydrogens (primary N) is 1. The van der Waals surface area contributed by atoms with Crippen molar-refractivity contribution in [3.8, 4) is 0 Å². The van der Waals surface area contributed by atoms with E-state index in [2.05, 4.69) is 27.9 Å². The fourth-order valence-corrected chi connectivity index (χ4v) is 2.60. The molecule has 1 fully saturated rings. The predicted molar refractivity (Wildman–Crippen MR) is 63.6 cm³/mol. The zero-order chi connectivity index (χ0) is 10.8. The van der Waals surface area contributed by atoms with Crippen LogP contribution >= 0.6 is 15.9 Å². The highest BCUT2D eigenvalue weighted by atomic mass is 79.9. The topological polar surface area (TPSA) is 42.4 Å². The zero-order valence-electron chi connectivity index (χ0n) is 8.95. The molecule has 0 aliphatic carbocycles. The Bertz CT molecular complexity index is 314. The van der Waals surface area contributed by atoms with Crippen molar-refractivity contribution in [2.24, 2.45) is 5.73 Å². The number of rotatable bonds is 1. The van der Waals surface area contributed by atoms with Gasteiger partial charge in [-0.05, 0) is 54.5 Å². The van der Waals surface area contributed by atoms with Crippen molar-refractivity contribution >= 4 is 15.9 Å². The van der Waals surface area contributed by atoms with E-state index in [1.165, 1.54) is 12.8 Å². The van der Waals surface area contributed by atoms with Crippen LogP contribution in [0.25, 0.3) is 0 Å². The molecular formula is C11H17BrN2O. The van der Waals surface area contributed by atoms with E-state index >= 15 is 0 Å². The summed E-state index contributed by atoms with van der Waals surface area (Å²) < 4.78 is 6.39. The maximum absolute atomic E-state index is 6.19. The highest BCUT2D eigenvalue weighted by Crippen LogP contribution is 2.30. The van der Waals surface area contributed by atoms with Crippen LogP contribution in [0.3, 0.4) is 0 Å². The van der Waals surface area contributed by atoms with E-state index in [-0.39, 0.29) is 12.1 Å². The fraction of sp³-hybridized carbons (Fsp3) is 0.636. The molecular weight excluding hydrogens is 256 g/mol. The van der Waals surface area contributed by atoms with Crippen molar-refractivity contribution < 1.29 is 4.42 Å². The average Bonchev–Trinajstić information content (AvgIpc) is 2.52. The Morgan fingerprint density at radius 1 is 1.47 bits per heavy atom. The third-order valence-corrected chi connectivity index (χ3v) is 3.49. The van der Waals surface area contributed by atoms with Gasteiger partial charge in [0.1, 0.15) is 5.76 Å². The molecule has 2 atom stereocenters. The van der Waals surface area contributed by atoms with Crippen LogP contribution in [0, 0.1) is 0 Å². The van der Waals surface area contributed by atoms with E-state index in [0.717, 1.165) is 23.4 Å². The summed E-state index contributed by atoms with van der Waals surface area (Å²) >= 11 is 3.33. The van der Waals surface area contributed by atoms with Gasteiger partial charge in [-0.2, -0.15) is 0 Å². The Balaban J connectivity index is 2.23. The first-order valence-electron chi connectivity index (χ1n) is 5.39. The van der Waals surface area contributed by atoms with Crippen LogP contribution in [0.15, 0.2) is 21.2 Å². The summed E-state index contributed by atoms with van der Waals surface area (Å²) in [7, 11) is 2.12. The van der Waals surface area contributed by atoms with E-state index in [9.17, 15) is 0 Å². The van der Waals surface area contributed by atoms with Crippen LogP contribution in [-0.2, 0) is 0 Å². The van der Waals surface area contributed by atoms with Crippen molar-refractivity contribution in [3.05, 3.63) is 22.6 Å². The molecule has 2 heterocycles. The van der Waals surface area contributed by atoms with Crippen molar-refractivity contribution in [1.29, 1.82) is 0 Å². The summed E-state index contributed by atoms with van der Waals surface area (Å²) in [4.78, 5) is 2.29. The lowest BCUT2D eigenvalue weighted by atomic mass is 10.0. The summed E-state index contributed by atoms with van der Waals surface area (Å²) in [5, 5.41) is 0. The lowest BCUT2D eigenvalue weighted by Crippen LogP contribution is -2.37. The van der Waals surface area contributed by atoms with Gasteiger partial charge >= 0.3 is 0 Å². The molecule has 4 heteroatoms. The highest BCUT2D eigenvalue weighted by Gasteiger charge is 2.28. The van der Waals surface area contributed by atoms with Gasteiger partial charge in [0.25, 0.3) is 0 Å². The first-order chi connectivity index (χ1) is 7.18. The molecule has 3 nitrogen and oxygen atoms in total. The van der Waals surface area contributed by atoms with Crippen molar-refractivity contribution in [1.82, 2.24) is 4.90 Å². The highest BCUT2D eigenvalue weighted by molar-refractivity contribution is 9.10. The molecule has 1 aliphatic heterocycles. The summed E-state index contributed by atoms with van der Waals surface area (Å²) in [6.45, 7) is 1.09. The maximum atomic E-state index is 6.19. The van der Waals surface area contributed by atoms with Crippen LogP contribution in [-0.4, -0.2) is 24.5 Å². The van der Waals surface area contributed by atoms with Crippen molar-refractivity contribution in [3.63, 3.8) is 0 Å². The molecule has 2 unspecified atom stereocenters. The normalized spacial score (nSPS) is 29.0. The Morgan fingerprint density at radius 3 is 2.93 bits per heavy atom. The van der Waals surface area contributed by atoms with Crippen LogP contribution < -0.4 is 5.73 Å². The quantitative estimate of drug-likeness (QED) is 0.855. The van der Waals surface area contributed by atoms with Gasteiger partial charge in [-0.1, -0.05) is 6.42 Å². The van der Waals surface area contributed by atoms with Crippen LogP contribution in [0.4, 0.5) is 0 Å². The molecule has 84 valence electrons. The summed E-state index contributed by atoms with van der Waals surface area (Å²) in [6.07, 6.45) is 3.51. The van der Waals surface area contributed by atoms with Gasteiger partial charge < -0.3 is 10.2 Å². The Morgan fingerprint density at radius 2 is 2.27 bits per heavy atom. The molecule has 0 radical (unpaired) electrons. The monoisotopic (exact) mass is 272 g/mol. The number of likely N-dealkylation sites (tertiary alicyclic amines) is 1. The Hall–Kier alpha value is -0.320. The molecule has 0 amide bonds. The number of halogens is 1. The lowest BCUT2D eigenvalue weighted by molar-refractivity contribution is 0.198. The van der Waals surface area contributed by atoms with E-state index < -0.39 is 0 Å². The SMILES string of the molecule is CN1CCCCC(N)C1c1ccc(Br)o1. The minimum Gasteiger partial charge on any atom is -0.453 e. The molecule has 0 bridgehead atoms. The number of hydrogen-bond acceptors (Lipinski definition) is 3. The average molecular weight is 273 g/mol. The van der Waals surface area contributed by atoms with Gasteiger partial charge in [-0.3, -0.25) is 4.90 Å². The van der Waals surface area contributed by atoms with Crippen LogP contribution in [0.1, 0.15) is 31.1 Å². The number of hydrogen-bond donors (Lipinski definition) is 1. The number of likely N-dealkylation sites (N-methyl/N-ethyl adjacent to an activating group) is 1. The smallest absolute Gasteiger partial charge is 0.169 e. The minimum absolute atomic E-state index is 0.176. The van der Waals surface area contributed by atoms with Gasteiger partial charge in [0.15, 0.2) is 4.67 Å². The molecule has 15 heavy (non-hydrogen) atoms. The third-order valence-electron chi connectivity index (χ3n) is 3.06. The largest absolute Gasteiger partial charge is 0.453 e.